The maximum atomic E-state index is 13.8. The van der Waals surface area contributed by atoms with Gasteiger partial charge in [0.05, 0.1) is 26.2 Å². The van der Waals surface area contributed by atoms with Crippen LogP contribution in [-0.4, -0.2) is 37.6 Å². The van der Waals surface area contributed by atoms with Crippen LogP contribution in [0.15, 0.2) is 41.2 Å². The van der Waals surface area contributed by atoms with Crippen LogP contribution < -0.4 is 10.1 Å². The van der Waals surface area contributed by atoms with Gasteiger partial charge >= 0.3 is 5.97 Å². The van der Waals surface area contributed by atoms with Gasteiger partial charge in [0.25, 0.3) is 0 Å². The molecule has 1 N–H and O–H groups in total. The Bertz CT molecular complexity index is 1080. The fraction of sp³-hybridized carbons (Fsp3) is 0.556. The van der Waals surface area contributed by atoms with Crippen LogP contribution in [0.4, 0.5) is 0 Å². The number of rotatable bonds is 7. The molecule has 33 heavy (non-hydrogen) atoms. The first kappa shape index (κ1) is 22.2. The molecule has 3 heterocycles. The van der Waals surface area contributed by atoms with E-state index in [1.54, 1.807) is 26.6 Å². The predicted octanol–water partition coefficient (Wildman–Crippen LogP) is 3.99. The monoisotopic (exact) mass is 451 g/mol. The number of aryl methyl sites for hydroxylation is 1. The standard InChI is InChI=1S/C27H33NO5/c1-5-33-24(30)27(23(29)10-9-17-11-12-32-15-17)16-26(3)21-13-18-19(7-6-8-20(18)31-4)25(26,2)14-22(27)28-21/h6-8,11-12,15,21-22,28H,5,9-10,13-14,16H2,1-4H3/t21?,22?,25-,26+,27?/m0/s1. The lowest BCUT2D eigenvalue weighted by atomic mass is 9.39. The number of carbonyl (C=O) groups excluding carboxylic acids is 2. The summed E-state index contributed by atoms with van der Waals surface area (Å²) in [5, 5.41) is 3.75. The molecule has 2 aromatic rings. The molecule has 1 saturated carbocycles. The van der Waals surface area contributed by atoms with Crippen LogP contribution >= 0.6 is 0 Å². The van der Waals surface area contributed by atoms with Crippen LogP contribution in [0.1, 0.15) is 56.7 Å². The van der Waals surface area contributed by atoms with Crippen LogP contribution in [0.5, 0.6) is 5.75 Å². The summed E-state index contributed by atoms with van der Waals surface area (Å²) in [4.78, 5) is 27.3. The van der Waals surface area contributed by atoms with E-state index in [0.717, 1.165) is 17.7 Å². The smallest absolute Gasteiger partial charge is 0.321 e. The van der Waals surface area contributed by atoms with Crippen molar-refractivity contribution in [1.29, 1.82) is 0 Å². The van der Waals surface area contributed by atoms with Gasteiger partial charge in [-0.2, -0.15) is 0 Å². The largest absolute Gasteiger partial charge is 0.496 e. The molecule has 3 fully saturated rings. The molecule has 3 unspecified atom stereocenters. The summed E-state index contributed by atoms with van der Waals surface area (Å²) in [7, 11) is 1.72. The number of piperidine rings is 2. The number of esters is 1. The number of methoxy groups -OCH3 is 1. The van der Waals surface area contributed by atoms with Crippen LogP contribution in [0, 0.1) is 10.8 Å². The van der Waals surface area contributed by atoms with Crippen molar-refractivity contribution in [1.82, 2.24) is 5.32 Å². The second kappa shape index (κ2) is 7.73. The van der Waals surface area contributed by atoms with Crippen molar-refractivity contribution >= 4 is 11.8 Å². The number of carbonyl (C=O) groups is 2. The van der Waals surface area contributed by atoms with Gasteiger partial charge in [0.1, 0.15) is 11.2 Å². The van der Waals surface area contributed by atoms with E-state index in [1.807, 2.05) is 12.1 Å². The molecule has 0 amide bonds. The fourth-order valence-electron chi connectivity index (χ4n) is 7.04. The minimum Gasteiger partial charge on any atom is -0.496 e. The van der Waals surface area contributed by atoms with Gasteiger partial charge in [-0.05, 0) is 66.8 Å². The first-order chi connectivity index (χ1) is 15.8. The highest BCUT2D eigenvalue weighted by Gasteiger charge is 2.72. The first-order valence-electron chi connectivity index (χ1n) is 11.9. The third-order valence-electron chi connectivity index (χ3n) is 9.00. The number of fused-ring (bicyclic) bond motifs is 2. The minimum atomic E-state index is -1.17. The van der Waals surface area contributed by atoms with Gasteiger partial charge in [0.2, 0.25) is 0 Å². The highest BCUT2D eigenvalue weighted by atomic mass is 16.5. The second-order valence-electron chi connectivity index (χ2n) is 10.3. The molecule has 4 bridgehead atoms. The Labute approximate surface area is 195 Å². The molecule has 0 spiro atoms. The van der Waals surface area contributed by atoms with E-state index >= 15 is 0 Å². The molecule has 6 heteroatoms. The topological polar surface area (TPSA) is 77.8 Å². The molecule has 0 radical (unpaired) electrons. The van der Waals surface area contributed by atoms with E-state index in [2.05, 4.69) is 31.3 Å². The van der Waals surface area contributed by atoms with Crippen LogP contribution in [0.2, 0.25) is 0 Å². The van der Waals surface area contributed by atoms with Crippen LogP contribution in [0.25, 0.3) is 0 Å². The maximum absolute atomic E-state index is 13.8. The van der Waals surface area contributed by atoms with Crippen molar-refractivity contribution < 1.29 is 23.5 Å². The molecule has 2 aliphatic carbocycles. The zero-order chi connectivity index (χ0) is 23.4. The van der Waals surface area contributed by atoms with Gasteiger partial charge < -0.3 is 19.2 Å². The number of benzene rings is 1. The number of hydrogen-bond donors (Lipinski definition) is 1. The molecule has 5 atom stereocenters. The fourth-order valence-corrected chi connectivity index (χ4v) is 7.04. The molecule has 6 nitrogen and oxygen atoms in total. The number of Topliss-reactive ketones (excluding diaryl/α,β-unsaturated/α-hetero) is 1. The third kappa shape index (κ3) is 2.96. The van der Waals surface area contributed by atoms with Crippen molar-refractivity contribution in [2.45, 2.75) is 70.4 Å². The molecule has 2 aliphatic heterocycles. The van der Waals surface area contributed by atoms with Gasteiger partial charge in [-0.3, -0.25) is 9.59 Å². The lowest BCUT2D eigenvalue weighted by Crippen LogP contribution is -2.78. The Morgan fingerprint density at radius 3 is 2.73 bits per heavy atom. The average molecular weight is 452 g/mol. The van der Waals surface area contributed by atoms with E-state index < -0.39 is 5.41 Å². The second-order valence-corrected chi connectivity index (χ2v) is 10.3. The Hall–Kier alpha value is -2.60. The Morgan fingerprint density at radius 1 is 1.21 bits per heavy atom. The number of hydrogen-bond acceptors (Lipinski definition) is 6. The van der Waals surface area contributed by atoms with Crippen LogP contribution in [-0.2, 0) is 32.6 Å². The minimum absolute atomic E-state index is 0.0298. The number of nitrogens with one attached hydrogen (secondary N) is 1. The van der Waals surface area contributed by atoms with Gasteiger partial charge in [-0.15, -0.1) is 0 Å². The molecule has 176 valence electrons. The average Bonchev–Trinajstić information content (AvgIpc) is 3.31. The number of ether oxygens (including phenoxy) is 2. The highest BCUT2D eigenvalue weighted by Crippen LogP contribution is 2.66. The third-order valence-corrected chi connectivity index (χ3v) is 9.00. The van der Waals surface area contributed by atoms with Gasteiger partial charge in [0.15, 0.2) is 5.78 Å². The van der Waals surface area contributed by atoms with E-state index in [1.165, 1.54) is 11.1 Å². The molecular formula is C27H33NO5. The highest BCUT2D eigenvalue weighted by molar-refractivity contribution is 6.05. The van der Waals surface area contributed by atoms with Crippen molar-refractivity contribution in [2.75, 3.05) is 13.7 Å². The van der Waals surface area contributed by atoms with Crippen LogP contribution in [0.3, 0.4) is 0 Å². The zero-order valence-electron chi connectivity index (χ0n) is 19.9. The van der Waals surface area contributed by atoms with Crippen molar-refractivity contribution in [3.8, 4) is 5.75 Å². The number of ketones is 1. The summed E-state index contributed by atoms with van der Waals surface area (Å²) >= 11 is 0. The summed E-state index contributed by atoms with van der Waals surface area (Å²) in [5.74, 6) is 0.509. The first-order valence-corrected chi connectivity index (χ1v) is 11.9. The van der Waals surface area contributed by atoms with E-state index in [9.17, 15) is 9.59 Å². The van der Waals surface area contributed by atoms with Gasteiger partial charge in [0, 0.05) is 23.9 Å². The van der Waals surface area contributed by atoms with Crippen molar-refractivity contribution in [3.63, 3.8) is 0 Å². The van der Waals surface area contributed by atoms with Crippen molar-refractivity contribution in [2.24, 2.45) is 10.8 Å². The zero-order valence-corrected chi connectivity index (χ0v) is 19.9. The number of furan rings is 1. The van der Waals surface area contributed by atoms with E-state index in [0.29, 0.717) is 25.7 Å². The van der Waals surface area contributed by atoms with E-state index in [-0.39, 0.29) is 41.3 Å². The Morgan fingerprint density at radius 2 is 2.03 bits per heavy atom. The molecule has 1 aromatic heterocycles. The predicted molar refractivity (Wildman–Crippen MR) is 123 cm³/mol. The lowest BCUT2D eigenvalue weighted by molar-refractivity contribution is -0.183. The SMILES string of the molecule is CCOC(=O)C1(C(=O)CCc2ccoc2)C[C@]2(C)C3Cc4c(OC)cccc4[C@]2(C)CC1N3. The summed E-state index contributed by atoms with van der Waals surface area (Å²) in [6, 6.07) is 8.04. The quantitative estimate of drug-likeness (QED) is 0.507. The molecular weight excluding hydrogens is 418 g/mol. The Balaban J connectivity index is 1.55. The van der Waals surface area contributed by atoms with Crippen molar-refractivity contribution in [3.05, 3.63) is 53.5 Å². The summed E-state index contributed by atoms with van der Waals surface area (Å²) in [6.45, 7) is 6.62. The van der Waals surface area contributed by atoms with E-state index in [4.69, 9.17) is 13.9 Å². The molecule has 2 saturated heterocycles. The van der Waals surface area contributed by atoms with Gasteiger partial charge in [-0.1, -0.05) is 26.0 Å². The molecule has 1 aromatic carbocycles. The lowest BCUT2D eigenvalue weighted by Gasteiger charge is -2.69. The van der Waals surface area contributed by atoms with Gasteiger partial charge in [-0.25, -0.2) is 0 Å². The summed E-state index contributed by atoms with van der Waals surface area (Å²) < 4.78 is 16.4. The Kier molecular flexibility index (Phi) is 5.20. The summed E-state index contributed by atoms with van der Waals surface area (Å²) in [6.07, 6.45) is 6.14. The molecule has 4 aliphatic rings. The maximum Gasteiger partial charge on any atom is 0.321 e. The molecule has 6 rings (SSSR count). The normalized spacial score (nSPS) is 33.9. The summed E-state index contributed by atoms with van der Waals surface area (Å²) in [5.41, 5.74) is 1.88.